The molecule has 1 aliphatic heterocycles. The van der Waals surface area contributed by atoms with Gasteiger partial charge in [-0.1, -0.05) is 6.07 Å². The van der Waals surface area contributed by atoms with E-state index in [2.05, 4.69) is 24.9 Å². The molecule has 2 atom stereocenters. The fourth-order valence-corrected chi connectivity index (χ4v) is 5.41. The van der Waals surface area contributed by atoms with E-state index in [-0.39, 0.29) is 18.6 Å². The number of fused-ring (bicyclic) bond motifs is 1. The largest absolute Gasteiger partial charge is 0.494 e. The molecule has 14 heteroatoms. The van der Waals surface area contributed by atoms with Crippen LogP contribution in [0.25, 0.3) is 17.1 Å². The molecule has 5 rings (SSSR count). The summed E-state index contributed by atoms with van der Waals surface area (Å²) in [5.74, 6) is 2.35. The third-order valence-corrected chi connectivity index (χ3v) is 8.07. The van der Waals surface area contributed by atoms with Gasteiger partial charge in [0, 0.05) is 25.1 Å². The lowest BCUT2D eigenvalue weighted by atomic mass is 10.1. The molecule has 2 aromatic carbocycles. The minimum atomic E-state index is -4.14. The van der Waals surface area contributed by atoms with E-state index in [1.165, 1.54) is 32.8 Å². The van der Waals surface area contributed by atoms with Crippen molar-refractivity contribution in [3.8, 4) is 40.1 Å². The van der Waals surface area contributed by atoms with Gasteiger partial charge in [0.15, 0.2) is 23.1 Å². The minimum Gasteiger partial charge on any atom is -0.494 e. The van der Waals surface area contributed by atoms with Crippen molar-refractivity contribution in [2.75, 3.05) is 32.8 Å². The smallest absolute Gasteiger partial charge is 0.243 e. The molecule has 0 radical (unpaired) electrons. The van der Waals surface area contributed by atoms with Crippen LogP contribution in [0.15, 0.2) is 48.8 Å². The third kappa shape index (κ3) is 4.98. The Hall–Kier alpha value is -4.43. The molecule has 4 aromatic rings. The molecule has 40 heavy (non-hydrogen) atoms. The molecule has 0 saturated heterocycles. The van der Waals surface area contributed by atoms with Crippen molar-refractivity contribution in [1.29, 1.82) is 0 Å². The van der Waals surface area contributed by atoms with Crippen LogP contribution in [0.4, 0.5) is 5.95 Å². The van der Waals surface area contributed by atoms with Gasteiger partial charge in [-0.2, -0.15) is 0 Å². The average molecular weight is 569 g/mol. The topological polar surface area (TPSA) is 149 Å². The molecule has 0 spiro atoms. The molecule has 0 bridgehead atoms. The normalized spacial score (nSPS) is 14.0. The monoisotopic (exact) mass is 568 g/mol. The molecule has 1 N–H and O–H groups in total. The van der Waals surface area contributed by atoms with Crippen molar-refractivity contribution in [3.05, 3.63) is 60.2 Å². The Bertz CT molecular complexity index is 1600. The van der Waals surface area contributed by atoms with Crippen LogP contribution >= 0.6 is 0 Å². The average Bonchev–Trinajstić information content (AvgIpc) is 3.60. The summed E-state index contributed by atoms with van der Waals surface area (Å²) >= 11 is 0. The van der Waals surface area contributed by atoms with Crippen molar-refractivity contribution in [2.45, 2.75) is 25.2 Å². The van der Waals surface area contributed by atoms with Gasteiger partial charge >= 0.3 is 0 Å². The number of nitrogens with one attached hydrogen (secondary N) is 1. The predicted molar refractivity (Wildman–Crippen MR) is 145 cm³/mol. The summed E-state index contributed by atoms with van der Waals surface area (Å²) in [5, 5.41) is 7.44. The Morgan fingerprint density at radius 1 is 0.975 bits per heavy atom. The van der Waals surface area contributed by atoms with Crippen LogP contribution in [0.3, 0.4) is 0 Å². The number of methoxy groups -OCH3 is 3. The van der Waals surface area contributed by atoms with Gasteiger partial charge in [-0.3, -0.25) is 9.29 Å². The molecule has 0 fully saturated rings. The summed E-state index contributed by atoms with van der Waals surface area (Å²) in [6.07, 6.45) is 2.25. The fourth-order valence-electron chi connectivity index (χ4n) is 4.28. The van der Waals surface area contributed by atoms with Crippen LogP contribution in [0.5, 0.6) is 23.0 Å². The molecule has 0 saturated carbocycles. The first-order valence-corrected chi connectivity index (χ1v) is 13.7. The van der Waals surface area contributed by atoms with E-state index in [1.54, 1.807) is 48.8 Å². The van der Waals surface area contributed by atoms with Crippen molar-refractivity contribution in [3.63, 3.8) is 0 Å². The summed E-state index contributed by atoms with van der Waals surface area (Å²) in [4.78, 5) is 8.51. The van der Waals surface area contributed by atoms with Crippen LogP contribution in [0.1, 0.15) is 24.4 Å². The van der Waals surface area contributed by atoms with Gasteiger partial charge in [-0.15, -0.1) is 10.2 Å². The zero-order valence-electron chi connectivity index (χ0n) is 22.5. The lowest BCUT2D eigenvalue weighted by molar-refractivity contribution is 0.0949. The van der Waals surface area contributed by atoms with Crippen LogP contribution < -0.4 is 23.7 Å². The highest BCUT2D eigenvalue weighted by molar-refractivity contribution is 7.93. The first-order chi connectivity index (χ1) is 19.3. The third-order valence-electron chi connectivity index (χ3n) is 6.38. The number of aromatic nitrogens is 5. The lowest BCUT2D eigenvalue weighted by Gasteiger charge is -2.23. The summed E-state index contributed by atoms with van der Waals surface area (Å²) in [6.45, 7) is 3.44. The molecular formula is C26H28N6O7S. The number of sulfonamides is 1. The van der Waals surface area contributed by atoms with E-state index in [9.17, 15) is 8.42 Å². The predicted octanol–water partition coefficient (Wildman–Crippen LogP) is 3.30. The van der Waals surface area contributed by atoms with Crippen LogP contribution in [0.2, 0.25) is 0 Å². The molecule has 1 aliphatic rings. The van der Waals surface area contributed by atoms with Gasteiger partial charge in [-0.05, 0) is 49.7 Å². The van der Waals surface area contributed by atoms with E-state index in [1.807, 2.05) is 6.92 Å². The Labute approximate surface area is 231 Å². The van der Waals surface area contributed by atoms with E-state index < -0.39 is 21.4 Å². The Morgan fingerprint density at radius 2 is 1.65 bits per heavy atom. The van der Waals surface area contributed by atoms with Gasteiger partial charge in [0.2, 0.25) is 22.8 Å². The molecule has 0 unspecified atom stereocenters. The summed E-state index contributed by atoms with van der Waals surface area (Å²) in [7, 11) is 0.266. The summed E-state index contributed by atoms with van der Waals surface area (Å²) < 4.78 is 59.2. The lowest BCUT2D eigenvalue weighted by Crippen LogP contribution is -2.33. The number of hydrogen-bond acceptors (Lipinski definition) is 11. The van der Waals surface area contributed by atoms with Gasteiger partial charge in [-0.25, -0.2) is 18.4 Å². The van der Waals surface area contributed by atoms with Crippen LogP contribution in [-0.2, 0) is 14.8 Å². The van der Waals surface area contributed by atoms with Gasteiger partial charge in [0.25, 0.3) is 0 Å². The maximum absolute atomic E-state index is 13.7. The first kappa shape index (κ1) is 27.1. The number of benzene rings is 2. The highest BCUT2D eigenvalue weighted by Gasteiger charge is 2.35. The molecule has 0 aliphatic carbocycles. The number of nitrogens with zero attached hydrogens (tertiary/aromatic N) is 5. The molecule has 2 aromatic heterocycles. The van der Waals surface area contributed by atoms with E-state index in [4.69, 9.17) is 23.7 Å². The summed E-state index contributed by atoms with van der Waals surface area (Å²) in [6, 6.07) is 10.4. The van der Waals surface area contributed by atoms with E-state index >= 15 is 0 Å². The second kappa shape index (κ2) is 11.0. The molecule has 3 heterocycles. The SMILES string of the molecule is COc1cccc(OC)c1-n1c(NS(=O)(=O)[C@@H](C)[C@H](OC)c2ncc(C)cn2)nnc1-c1ccc2c(c1)OCO2. The highest BCUT2D eigenvalue weighted by atomic mass is 32.2. The summed E-state index contributed by atoms with van der Waals surface area (Å²) in [5.41, 5.74) is 1.81. The second-order valence-corrected chi connectivity index (χ2v) is 10.9. The maximum atomic E-state index is 13.7. The number of rotatable bonds is 10. The fraction of sp³-hybridized carbons (Fsp3) is 0.308. The van der Waals surface area contributed by atoms with Crippen LogP contribution in [0, 0.1) is 6.92 Å². The molecule has 13 nitrogen and oxygen atoms in total. The Morgan fingerprint density at radius 3 is 2.30 bits per heavy atom. The number of aryl methyl sites for hydroxylation is 1. The van der Waals surface area contributed by atoms with Gasteiger partial charge in [0.05, 0.1) is 14.2 Å². The van der Waals surface area contributed by atoms with Crippen LogP contribution in [-0.4, -0.2) is 66.5 Å². The Balaban J connectivity index is 1.62. The highest BCUT2D eigenvalue weighted by Crippen LogP contribution is 2.40. The Kier molecular flexibility index (Phi) is 7.45. The van der Waals surface area contributed by atoms with Gasteiger partial charge in [0.1, 0.15) is 28.5 Å². The number of hydrogen-bond donors (Lipinski definition) is 1. The van der Waals surface area contributed by atoms with Crippen molar-refractivity contribution >= 4 is 16.0 Å². The molecular weight excluding hydrogens is 540 g/mol. The van der Waals surface area contributed by atoms with E-state index in [0.29, 0.717) is 40.1 Å². The number of ether oxygens (including phenoxy) is 5. The maximum Gasteiger partial charge on any atom is 0.243 e. The van der Waals surface area contributed by atoms with Crippen molar-refractivity contribution in [2.24, 2.45) is 0 Å². The minimum absolute atomic E-state index is 0.0954. The number of anilines is 1. The quantitative estimate of drug-likeness (QED) is 0.300. The molecule has 0 amide bonds. The van der Waals surface area contributed by atoms with Crippen molar-refractivity contribution < 1.29 is 32.1 Å². The second-order valence-electron chi connectivity index (χ2n) is 8.89. The zero-order valence-corrected chi connectivity index (χ0v) is 23.3. The number of para-hydroxylation sites is 1. The standard InChI is InChI=1S/C26H28N6O7S/c1-15-12-27-24(28-13-15)23(37-5)16(2)40(33,34)31-26-30-29-25(17-9-10-18-21(11-17)39-14-38-18)32(26)22-19(35-3)7-6-8-20(22)36-4/h6-13,16,23H,14H2,1-5H3,(H,30,31)/t16-,23-/m0/s1. The van der Waals surface area contributed by atoms with Gasteiger partial charge < -0.3 is 23.7 Å². The van der Waals surface area contributed by atoms with E-state index in [0.717, 1.165) is 5.56 Å². The first-order valence-electron chi connectivity index (χ1n) is 12.2. The molecule has 210 valence electrons. The zero-order chi connectivity index (χ0) is 28.4. The van der Waals surface area contributed by atoms with Crippen molar-refractivity contribution in [1.82, 2.24) is 24.7 Å².